The van der Waals surface area contributed by atoms with Crippen molar-refractivity contribution in [3.63, 3.8) is 0 Å². The quantitative estimate of drug-likeness (QED) is 0.627. The Balaban J connectivity index is 2.32. The SMILES string of the molecule is NCC12CC(=O)Nc3cccc(c31)NC2=O. The van der Waals surface area contributed by atoms with Crippen molar-refractivity contribution in [2.24, 2.45) is 5.73 Å². The van der Waals surface area contributed by atoms with Gasteiger partial charge in [-0.05, 0) is 12.1 Å². The van der Waals surface area contributed by atoms with Gasteiger partial charge in [0.1, 0.15) is 0 Å². The van der Waals surface area contributed by atoms with Crippen LogP contribution in [0.25, 0.3) is 0 Å². The second-order valence-electron chi connectivity index (χ2n) is 4.19. The lowest BCUT2D eigenvalue weighted by molar-refractivity contribution is -0.126. The highest BCUT2D eigenvalue weighted by Gasteiger charge is 2.51. The molecule has 0 fully saturated rings. The van der Waals surface area contributed by atoms with Crippen molar-refractivity contribution in [3.8, 4) is 0 Å². The molecular weight excluding hydrogens is 206 g/mol. The fourth-order valence-corrected chi connectivity index (χ4v) is 2.54. The lowest BCUT2D eigenvalue weighted by Gasteiger charge is -2.31. The molecular formula is C11H11N3O2. The number of carbonyl (C=O) groups excluding carboxylic acids is 2. The van der Waals surface area contributed by atoms with Gasteiger partial charge in [-0.1, -0.05) is 6.07 Å². The Labute approximate surface area is 92.0 Å². The van der Waals surface area contributed by atoms with Crippen LogP contribution in [0, 0.1) is 0 Å². The van der Waals surface area contributed by atoms with Crippen molar-refractivity contribution >= 4 is 23.2 Å². The molecule has 2 aliphatic heterocycles. The third-order valence-electron chi connectivity index (χ3n) is 3.31. The summed E-state index contributed by atoms with van der Waals surface area (Å²) in [6.07, 6.45) is 0.124. The summed E-state index contributed by atoms with van der Waals surface area (Å²) in [5, 5.41) is 5.54. The summed E-state index contributed by atoms with van der Waals surface area (Å²) in [6.45, 7) is 0.149. The Morgan fingerprint density at radius 2 is 1.94 bits per heavy atom. The van der Waals surface area contributed by atoms with E-state index in [2.05, 4.69) is 10.6 Å². The maximum atomic E-state index is 12.0. The molecule has 2 heterocycles. The third-order valence-corrected chi connectivity index (χ3v) is 3.31. The number of nitrogens with one attached hydrogen (secondary N) is 2. The zero-order valence-electron chi connectivity index (χ0n) is 8.54. The molecule has 0 aromatic heterocycles. The number of hydrogen-bond donors (Lipinski definition) is 3. The van der Waals surface area contributed by atoms with Crippen LogP contribution >= 0.6 is 0 Å². The first-order valence-corrected chi connectivity index (χ1v) is 5.12. The molecule has 2 amide bonds. The van der Waals surface area contributed by atoms with Gasteiger partial charge in [0.25, 0.3) is 0 Å². The lowest BCUT2D eigenvalue weighted by Crippen LogP contribution is -2.47. The van der Waals surface area contributed by atoms with E-state index in [1.54, 1.807) is 12.1 Å². The van der Waals surface area contributed by atoms with Crippen LogP contribution in [-0.2, 0) is 15.0 Å². The summed E-state index contributed by atoms with van der Waals surface area (Å²) < 4.78 is 0. The number of rotatable bonds is 1. The van der Waals surface area contributed by atoms with Gasteiger partial charge >= 0.3 is 0 Å². The minimum absolute atomic E-state index is 0.124. The van der Waals surface area contributed by atoms with E-state index in [0.717, 1.165) is 11.3 Å². The minimum atomic E-state index is -0.867. The van der Waals surface area contributed by atoms with Crippen LogP contribution in [0.1, 0.15) is 12.0 Å². The average Bonchev–Trinajstić information content (AvgIpc) is 2.54. The van der Waals surface area contributed by atoms with Crippen molar-refractivity contribution in [1.29, 1.82) is 0 Å². The molecule has 2 aliphatic rings. The van der Waals surface area contributed by atoms with Gasteiger partial charge in [-0.15, -0.1) is 0 Å². The summed E-state index contributed by atoms with van der Waals surface area (Å²) in [5.74, 6) is -0.334. The third kappa shape index (κ3) is 0.931. The first-order valence-electron chi connectivity index (χ1n) is 5.12. The first kappa shape index (κ1) is 9.35. The van der Waals surface area contributed by atoms with E-state index >= 15 is 0 Å². The summed E-state index contributed by atoms with van der Waals surface area (Å²) in [7, 11) is 0. The molecule has 5 heteroatoms. The molecule has 0 spiro atoms. The summed E-state index contributed by atoms with van der Waals surface area (Å²) in [4.78, 5) is 23.6. The first-order chi connectivity index (χ1) is 7.67. The molecule has 0 radical (unpaired) electrons. The Bertz CT molecular complexity index is 512. The fourth-order valence-electron chi connectivity index (χ4n) is 2.54. The molecule has 4 N–H and O–H groups in total. The normalized spacial score (nSPS) is 26.1. The van der Waals surface area contributed by atoms with Crippen molar-refractivity contribution in [3.05, 3.63) is 23.8 Å². The Morgan fingerprint density at radius 3 is 2.62 bits per heavy atom. The van der Waals surface area contributed by atoms with Crippen LogP contribution in [0.3, 0.4) is 0 Å². The van der Waals surface area contributed by atoms with Gasteiger partial charge < -0.3 is 16.4 Å². The molecule has 1 atom stereocenters. The molecule has 0 saturated heterocycles. The standard InChI is InChI=1S/C11H11N3O2/c12-5-11-4-8(15)13-6-2-1-3-7(9(6)11)14-10(11)16/h1-3H,4-5,12H2,(H,13,15)(H,14,16). The predicted molar refractivity (Wildman–Crippen MR) is 59.1 cm³/mol. The maximum Gasteiger partial charge on any atom is 0.237 e. The van der Waals surface area contributed by atoms with Gasteiger partial charge in [-0.3, -0.25) is 9.59 Å². The van der Waals surface area contributed by atoms with E-state index in [4.69, 9.17) is 5.73 Å². The minimum Gasteiger partial charge on any atom is -0.329 e. The van der Waals surface area contributed by atoms with Gasteiger partial charge in [0.05, 0.1) is 5.41 Å². The zero-order chi connectivity index (χ0) is 11.3. The van der Waals surface area contributed by atoms with E-state index in [1.807, 2.05) is 6.07 Å². The summed E-state index contributed by atoms with van der Waals surface area (Å²) in [6, 6.07) is 5.42. The molecule has 1 aromatic carbocycles. The van der Waals surface area contributed by atoms with Gasteiger partial charge in [0.15, 0.2) is 0 Å². The van der Waals surface area contributed by atoms with Gasteiger partial charge in [-0.2, -0.15) is 0 Å². The van der Waals surface area contributed by atoms with Crippen LogP contribution in [-0.4, -0.2) is 18.4 Å². The van der Waals surface area contributed by atoms with E-state index in [1.165, 1.54) is 0 Å². The largest absolute Gasteiger partial charge is 0.329 e. The molecule has 0 bridgehead atoms. The van der Waals surface area contributed by atoms with Gasteiger partial charge in [0.2, 0.25) is 11.8 Å². The molecule has 82 valence electrons. The van der Waals surface area contributed by atoms with Crippen molar-refractivity contribution in [2.75, 3.05) is 17.2 Å². The number of nitrogens with two attached hydrogens (primary N) is 1. The maximum absolute atomic E-state index is 12.0. The van der Waals surface area contributed by atoms with Crippen LogP contribution < -0.4 is 16.4 Å². The molecule has 16 heavy (non-hydrogen) atoms. The smallest absolute Gasteiger partial charge is 0.237 e. The molecule has 1 unspecified atom stereocenters. The van der Waals surface area contributed by atoms with E-state index in [-0.39, 0.29) is 24.8 Å². The number of amides is 2. The Kier molecular flexibility index (Phi) is 1.65. The average molecular weight is 217 g/mol. The second kappa shape index (κ2) is 2.82. The Hall–Kier alpha value is -1.88. The van der Waals surface area contributed by atoms with Crippen LogP contribution in [0.4, 0.5) is 11.4 Å². The molecule has 5 nitrogen and oxygen atoms in total. The fraction of sp³-hybridized carbons (Fsp3) is 0.273. The number of carbonyl (C=O) groups is 2. The molecule has 3 rings (SSSR count). The highest BCUT2D eigenvalue weighted by molar-refractivity contribution is 6.14. The Morgan fingerprint density at radius 1 is 1.25 bits per heavy atom. The number of hydrogen-bond acceptors (Lipinski definition) is 3. The second-order valence-corrected chi connectivity index (χ2v) is 4.19. The topological polar surface area (TPSA) is 84.2 Å². The summed E-state index contributed by atoms with van der Waals surface area (Å²) in [5.41, 5.74) is 7.13. The van der Waals surface area contributed by atoms with Crippen molar-refractivity contribution < 1.29 is 9.59 Å². The summed E-state index contributed by atoms with van der Waals surface area (Å²) >= 11 is 0. The number of benzene rings is 1. The highest BCUT2D eigenvalue weighted by atomic mass is 16.2. The zero-order valence-corrected chi connectivity index (χ0v) is 8.54. The van der Waals surface area contributed by atoms with Crippen LogP contribution in [0.2, 0.25) is 0 Å². The van der Waals surface area contributed by atoms with E-state index in [9.17, 15) is 9.59 Å². The van der Waals surface area contributed by atoms with Gasteiger partial charge in [0, 0.05) is 29.9 Å². The molecule has 0 aliphatic carbocycles. The monoisotopic (exact) mass is 217 g/mol. The van der Waals surface area contributed by atoms with Crippen LogP contribution in [0.5, 0.6) is 0 Å². The van der Waals surface area contributed by atoms with Crippen molar-refractivity contribution in [1.82, 2.24) is 0 Å². The lowest BCUT2D eigenvalue weighted by atomic mass is 9.75. The predicted octanol–water partition coefficient (Wildman–Crippen LogP) is 0.177. The van der Waals surface area contributed by atoms with Crippen molar-refractivity contribution in [2.45, 2.75) is 11.8 Å². The molecule has 1 aromatic rings. The van der Waals surface area contributed by atoms with E-state index in [0.29, 0.717) is 5.69 Å². The highest BCUT2D eigenvalue weighted by Crippen LogP contribution is 2.46. The van der Waals surface area contributed by atoms with Gasteiger partial charge in [-0.25, -0.2) is 0 Å². The van der Waals surface area contributed by atoms with E-state index < -0.39 is 5.41 Å². The molecule has 0 saturated carbocycles. The van der Waals surface area contributed by atoms with Crippen LogP contribution in [0.15, 0.2) is 18.2 Å². The number of anilines is 2.